The first-order valence-corrected chi connectivity index (χ1v) is 7.67. The molecule has 24 heavy (non-hydrogen) atoms. The van der Waals surface area contributed by atoms with Gasteiger partial charge in [0.05, 0.1) is 5.69 Å². The van der Waals surface area contributed by atoms with E-state index in [1.165, 1.54) is 12.3 Å². The van der Waals surface area contributed by atoms with Crippen LogP contribution >= 0.6 is 0 Å². The number of rotatable bonds is 5. The van der Waals surface area contributed by atoms with Crippen LogP contribution in [-0.2, 0) is 14.3 Å². The number of halogens is 2. The van der Waals surface area contributed by atoms with Crippen molar-refractivity contribution in [3.63, 3.8) is 0 Å². The Labute approximate surface area is 138 Å². The zero-order valence-electron chi connectivity index (χ0n) is 12.9. The molecule has 0 bridgehead atoms. The van der Waals surface area contributed by atoms with Crippen LogP contribution in [0.3, 0.4) is 0 Å². The summed E-state index contributed by atoms with van der Waals surface area (Å²) in [5.74, 6) is -0.0500. The van der Waals surface area contributed by atoms with E-state index >= 15 is 0 Å². The standard InChI is InChI=1S/C16H18F2N2O4/c17-16(18)24-13-4-2-1-3-12(13)20-6-5-11(9-20)19-15(21)14-10-22-7-8-23-14/h1-4,10-11,16H,5-9H2,(H,19,21)/t11-/m1/s1. The van der Waals surface area contributed by atoms with E-state index in [9.17, 15) is 13.6 Å². The summed E-state index contributed by atoms with van der Waals surface area (Å²) >= 11 is 0. The van der Waals surface area contributed by atoms with Gasteiger partial charge < -0.3 is 24.4 Å². The van der Waals surface area contributed by atoms with Gasteiger partial charge in [0, 0.05) is 19.1 Å². The Kier molecular flexibility index (Phi) is 5.02. The molecule has 0 saturated carbocycles. The van der Waals surface area contributed by atoms with E-state index in [2.05, 4.69) is 10.1 Å². The lowest BCUT2D eigenvalue weighted by atomic mass is 10.2. The quantitative estimate of drug-likeness (QED) is 0.887. The number of amides is 1. The van der Waals surface area contributed by atoms with Gasteiger partial charge in [-0.1, -0.05) is 12.1 Å². The van der Waals surface area contributed by atoms with Gasteiger partial charge in [-0.2, -0.15) is 8.78 Å². The summed E-state index contributed by atoms with van der Waals surface area (Å²) in [5, 5.41) is 2.87. The number of ether oxygens (including phenoxy) is 3. The van der Waals surface area contributed by atoms with E-state index in [1.807, 2.05) is 4.90 Å². The van der Waals surface area contributed by atoms with Gasteiger partial charge in [0.2, 0.25) is 5.76 Å². The number of carbonyl (C=O) groups excluding carboxylic acids is 1. The fourth-order valence-electron chi connectivity index (χ4n) is 2.75. The summed E-state index contributed by atoms with van der Waals surface area (Å²) < 4.78 is 39.9. The number of carbonyl (C=O) groups is 1. The van der Waals surface area contributed by atoms with Crippen molar-refractivity contribution in [1.29, 1.82) is 0 Å². The van der Waals surface area contributed by atoms with Gasteiger partial charge in [0.1, 0.15) is 25.2 Å². The van der Waals surface area contributed by atoms with Gasteiger partial charge in [-0.15, -0.1) is 0 Å². The molecule has 1 amide bonds. The minimum Gasteiger partial charge on any atom is -0.494 e. The maximum atomic E-state index is 12.5. The smallest absolute Gasteiger partial charge is 0.387 e. The number of anilines is 1. The molecule has 1 N–H and O–H groups in total. The molecule has 2 aliphatic heterocycles. The highest BCUT2D eigenvalue weighted by atomic mass is 19.3. The normalized spacial score (nSPS) is 20.2. The first-order chi connectivity index (χ1) is 11.6. The lowest BCUT2D eigenvalue weighted by Crippen LogP contribution is -2.39. The number of benzene rings is 1. The van der Waals surface area contributed by atoms with E-state index in [1.54, 1.807) is 18.2 Å². The fraction of sp³-hybridized carbons (Fsp3) is 0.438. The number of hydrogen-bond donors (Lipinski definition) is 1. The molecule has 8 heteroatoms. The third-order valence-electron chi connectivity index (χ3n) is 3.82. The second-order valence-corrected chi connectivity index (χ2v) is 5.45. The molecule has 0 aliphatic carbocycles. The molecule has 6 nitrogen and oxygen atoms in total. The Morgan fingerprint density at radius 3 is 2.92 bits per heavy atom. The van der Waals surface area contributed by atoms with E-state index in [0.29, 0.717) is 38.4 Å². The van der Waals surface area contributed by atoms with Crippen LogP contribution in [0.5, 0.6) is 5.75 Å². The molecule has 0 radical (unpaired) electrons. The number of nitrogens with zero attached hydrogens (tertiary/aromatic N) is 1. The summed E-state index contributed by atoms with van der Waals surface area (Å²) in [5.41, 5.74) is 0.589. The molecule has 0 aromatic heterocycles. The number of alkyl halides is 2. The van der Waals surface area contributed by atoms with Crippen LogP contribution in [0.1, 0.15) is 6.42 Å². The molecule has 2 aliphatic rings. The van der Waals surface area contributed by atoms with E-state index < -0.39 is 6.61 Å². The molecule has 130 valence electrons. The van der Waals surface area contributed by atoms with Gasteiger partial charge in [-0.05, 0) is 18.6 Å². The lowest BCUT2D eigenvalue weighted by molar-refractivity contribution is -0.122. The second kappa shape index (κ2) is 7.37. The van der Waals surface area contributed by atoms with Crippen LogP contribution in [-0.4, -0.2) is 44.9 Å². The Morgan fingerprint density at radius 2 is 2.17 bits per heavy atom. The minimum absolute atomic E-state index is 0.108. The van der Waals surface area contributed by atoms with Crippen LogP contribution in [0.4, 0.5) is 14.5 Å². The fourth-order valence-corrected chi connectivity index (χ4v) is 2.75. The van der Waals surface area contributed by atoms with Gasteiger partial charge in [-0.3, -0.25) is 4.79 Å². The van der Waals surface area contributed by atoms with E-state index in [0.717, 1.165) is 0 Å². The van der Waals surface area contributed by atoms with Gasteiger partial charge in [-0.25, -0.2) is 0 Å². The van der Waals surface area contributed by atoms with E-state index in [-0.39, 0.29) is 23.5 Å². The average molecular weight is 340 g/mol. The van der Waals surface area contributed by atoms with Gasteiger partial charge >= 0.3 is 6.61 Å². The first kappa shape index (κ1) is 16.4. The third-order valence-corrected chi connectivity index (χ3v) is 3.82. The summed E-state index contributed by atoms with van der Waals surface area (Å²) in [6.07, 6.45) is 2.00. The van der Waals surface area contributed by atoms with Crippen LogP contribution < -0.4 is 15.0 Å². The Balaban J connectivity index is 1.61. The van der Waals surface area contributed by atoms with Crippen molar-refractivity contribution in [2.75, 3.05) is 31.2 Å². The summed E-state index contributed by atoms with van der Waals surface area (Å²) in [6, 6.07) is 6.53. The predicted octanol–water partition coefficient (Wildman–Crippen LogP) is 1.87. The number of nitrogens with one attached hydrogen (secondary N) is 1. The zero-order chi connectivity index (χ0) is 16.9. The topological polar surface area (TPSA) is 60.0 Å². The monoisotopic (exact) mass is 340 g/mol. The van der Waals surface area contributed by atoms with Crippen LogP contribution in [0.25, 0.3) is 0 Å². The highest BCUT2D eigenvalue weighted by Gasteiger charge is 2.28. The van der Waals surface area contributed by atoms with Gasteiger partial charge in [0.15, 0.2) is 0 Å². The Hall–Kier alpha value is -2.51. The SMILES string of the molecule is O=C(N[C@@H]1CCN(c2ccccc2OC(F)F)C1)C1=COCCO1. The predicted molar refractivity (Wildman–Crippen MR) is 81.8 cm³/mol. The van der Waals surface area contributed by atoms with E-state index in [4.69, 9.17) is 9.47 Å². The second-order valence-electron chi connectivity index (χ2n) is 5.45. The minimum atomic E-state index is -2.88. The number of hydrogen-bond acceptors (Lipinski definition) is 5. The highest BCUT2D eigenvalue weighted by molar-refractivity contribution is 5.91. The van der Waals surface area contributed by atoms with Crippen molar-refractivity contribution < 1.29 is 27.8 Å². The van der Waals surface area contributed by atoms with Crippen molar-refractivity contribution in [2.24, 2.45) is 0 Å². The van der Waals surface area contributed by atoms with Crippen molar-refractivity contribution in [1.82, 2.24) is 5.32 Å². The van der Waals surface area contributed by atoms with Crippen molar-refractivity contribution in [2.45, 2.75) is 19.1 Å². The van der Waals surface area contributed by atoms with Crippen LogP contribution in [0.15, 0.2) is 36.3 Å². The average Bonchev–Trinajstić information content (AvgIpc) is 3.04. The summed E-state index contributed by atoms with van der Waals surface area (Å²) in [7, 11) is 0. The molecule has 0 unspecified atom stereocenters. The molecular weight excluding hydrogens is 322 g/mol. The molecule has 1 saturated heterocycles. The highest BCUT2D eigenvalue weighted by Crippen LogP contribution is 2.31. The molecule has 1 aromatic rings. The van der Waals surface area contributed by atoms with Crippen LogP contribution in [0, 0.1) is 0 Å². The molecule has 1 fully saturated rings. The van der Waals surface area contributed by atoms with Crippen molar-refractivity contribution in [3.8, 4) is 5.75 Å². The molecular formula is C16H18F2N2O4. The molecule has 1 atom stereocenters. The van der Waals surface area contributed by atoms with Crippen molar-refractivity contribution in [3.05, 3.63) is 36.3 Å². The molecule has 0 spiro atoms. The molecule has 2 heterocycles. The molecule has 3 rings (SSSR count). The maximum absolute atomic E-state index is 12.5. The lowest BCUT2D eigenvalue weighted by Gasteiger charge is -2.22. The Bertz CT molecular complexity index is 624. The van der Waals surface area contributed by atoms with Crippen molar-refractivity contribution >= 4 is 11.6 Å². The molecule has 1 aromatic carbocycles. The number of para-hydroxylation sites is 2. The first-order valence-electron chi connectivity index (χ1n) is 7.67. The Morgan fingerprint density at radius 1 is 1.33 bits per heavy atom. The zero-order valence-corrected chi connectivity index (χ0v) is 12.9. The van der Waals surface area contributed by atoms with Crippen LogP contribution in [0.2, 0.25) is 0 Å². The summed E-state index contributed by atoms with van der Waals surface area (Å²) in [6.45, 7) is -0.975. The van der Waals surface area contributed by atoms with Gasteiger partial charge in [0.25, 0.3) is 5.91 Å². The maximum Gasteiger partial charge on any atom is 0.387 e. The largest absolute Gasteiger partial charge is 0.494 e. The third kappa shape index (κ3) is 3.87. The summed E-state index contributed by atoms with van der Waals surface area (Å²) in [4.78, 5) is 14.0.